The first-order valence-electron chi connectivity index (χ1n) is 7.46. The van der Waals surface area contributed by atoms with E-state index in [9.17, 15) is 9.90 Å². The monoisotopic (exact) mass is 419 g/mol. The van der Waals surface area contributed by atoms with Gasteiger partial charge in [0.1, 0.15) is 13.0 Å². The molecule has 122 valence electrons. The van der Waals surface area contributed by atoms with E-state index >= 15 is 0 Å². The molecule has 1 fully saturated rings. The number of halogens is 1. The normalized spacial score (nSPS) is 21.4. The van der Waals surface area contributed by atoms with E-state index in [1.807, 2.05) is 19.1 Å². The molecule has 0 radical (unpaired) electrons. The molecule has 1 saturated carbocycles. The molecule has 2 rings (SSSR count). The van der Waals surface area contributed by atoms with Crippen molar-refractivity contribution < 1.29 is 19.4 Å². The lowest BCUT2D eigenvalue weighted by atomic mass is 10.1. The number of carboxylic acid groups (broad SMARTS) is 1. The average molecular weight is 419 g/mol. The Morgan fingerprint density at radius 3 is 2.82 bits per heavy atom. The van der Waals surface area contributed by atoms with Crippen molar-refractivity contribution in [2.75, 3.05) is 13.9 Å². The Bertz CT molecular complexity index is 511. The molecule has 1 amide bonds. The first-order valence-corrected chi connectivity index (χ1v) is 8.54. The zero-order valence-corrected chi connectivity index (χ0v) is 15.0. The fourth-order valence-electron chi connectivity index (χ4n) is 2.77. The van der Waals surface area contributed by atoms with Crippen molar-refractivity contribution in [3.05, 3.63) is 33.4 Å². The third kappa shape index (κ3) is 4.11. The topological polar surface area (TPSA) is 59.0 Å². The standard InChI is InChI=1S/C16H22INO4/c1-3-6-15(22-10-21-2)18(16(19)20)14-9-12(14)11-7-4-5-8-13(11)17/h4-5,7-8,12,14-15H,3,6,9-10H2,1-2H3,(H,19,20)/t12-,14-,15?/m0/s1. The molecular weight excluding hydrogens is 397 g/mol. The fourth-order valence-corrected chi connectivity index (χ4v) is 3.56. The molecule has 1 aromatic rings. The Labute approximate surface area is 144 Å². The molecule has 1 aliphatic rings. The Balaban J connectivity index is 2.12. The van der Waals surface area contributed by atoms with Crippen molar-refractivity contribution in [3.63, 3.8) is 0 Å². The highest BCUT2D eigenvalue weighted by molar-refractivity contribution is 14.1. The van der Waals surface area contributed by atoms with E-state index in [0.717, 1.165) is 12.8 Å². The summed E-state index contributed by atoms with van der Waals surface area (Å²) >= 11 is 2.31. The van der Waals surface area contributed by atoms with Crippen LogP contribution in [0.25, 0.3) is 0 Å². The van der Waals surface area contributed by atoms with Gasteiger partial charge in [-0.25, -0.2) is 4.79 Å². The van der Waals surface area contributed by atoms with Crippen LogP contribution in [-0.2, 0) is 9.47 Å². The van der Waals surface area contributed by atoms with Crippen LogP contribution in [0.4, 0.5) is 4.79 Å². The molecule has 1 unspecified atom stereocenters. The first-order chi connectivity index (χ1) is 10.6. The number of hydrogen-bond donors (Lipinski definition) is 1. The highest BCUT2D eigenvalue weighted by Crippen LogP contribution is 2.47. The number of benzene rings is 1. The number of carbonyl (C=O) groups is 1. The number of amides is 1. The van der Waals surface area contributed by atoms with E-state index in [2.05, 4.69) is 34.7 Å². The molecule has 0 saturated heterocycles. The van der Waals surface area contributed by atoms with Crippen molar-refractivity contribution in [2.45, 2.75) is 44.4 Å². The maximum absolute atomic E-state index is 11.7. The minimum atomic E-state index is -0.923. The number of methoxy groups -OCH3 is 1. The lowest BCUT2D eigenvalue weighted by molar-refractivity contribution is -0.127. The predicted molar refractivity (Wildman–Crippen MR) is 91.8 cm³/mol. The Morgan fingerprint density at radius 1 is 1.50 bits per heavy atom. The van der Waals surface area contributed by atoms with Gasteiger partial charge in [0.2, 0.25) is 0 Å². The number of rotatable bonds is 8. The highest BCUT2D eigenvalue weighted by atomic mass is 127. The van der Waals surface area contributed by atoms with E-state index in [0.29, 0.717) is 6.42 Å². The van der Waals surface area contributed by atoms with E-state index in [1.165, 1.54) is 14.0 Å². The van der Waals surface area contributed by atoms with Crippen LogP contribution in [0.3, 0.4) is 0 Å². The van der Waals surface area contributed by atoms with Gasteiger partial charge in [-0.2, -0.15) is 0 Å². The van der Waals surface area contributed by atoms with E-state index in [-0.39, 0.29) is 18.8 Å². The second kappa shape index (κ2) is 8.12. The molecule has 22 heavy (non-hydrogen) atoms. The van der Waals surface area contributed by atoms with Crippen molar-refractivity contribution in [3.8, 4) is 0 Å². The Kier molecular flexibility index (Phi) is 6.46. The maximum Gasteiger partial charge on any atom is 0.409 e. The van der Waals surface area contributed by atoms with Gasteiger partial charge in [0.15, 0.2) is 0 Å². The number of nitrogens with zero attached hydrogens (tertiary/aromatic N) is 1. The Hall–Kier alpha value is -0.860. The summed E-state index contributed by atoms with van der Waals surface area (Å²) < 4.78 is 11.7. The maximum atomic E-state index is 11.7. The van der Waals surface area contributed by atoms with Crippen LogP contribution in [0.1, 0.15) is 37.7 Å². The molecule has 0 aliphatic heterocycles. The lowest BCUT2D eigenvalue weighted by Crippen LogP contribution is -2.43. The largest absolute Gasteiger partial charge is 0.465 e. The van der Waals surface area contributed by atoms with Crippen LogP contribution in [0.15, 0.2) is 24.3 Å². The molecule has 0 heterocycles. The summed E-state index contributed by atoms with van der Waals surface area (Å²) in [4.78, 5) is 13.2. The summed E-state index contributed by atoms with van der Waals surface area (Å²) in [5.74, 6) is 0.259. The summed E-state index contributed by atoms with van der Waals surface area (Å²) in [7, 11) is 1.54. The molecule has 6 heteroatoms. The average Bonchev–Trinajstić information content (AvgIpc) is 3.25. The quantitative estimate of drug-likeness (QED) is 0.514. The molecule has 0 bridgehead atoms. The smallest absolute Gasteiger partial charge is 0.409 e. The minimum Gasteiger partial charge on any atom is -0.465 e. The summed E-state index contributed by atoms with van der Waals surface area (Å²) in [5.41, 5.74) is 1.22. The van der Waals surface area contributed by atoms with Gasteiger partial charge in [-0.05, 0) is 47.1 Å². The zero-order chi connectivity index (χ0) is 16.1. The summed E-state index contributed by atoms with van der Waals surface area (Å²) in [6, 6.07) is 8.13. The van der Waals surface area contributed by atoms with Gasteiger partial charge >= 0.3 is 6.09 Å². The molecule has 1 N–H and O–H groups in total. The summed E-state index contributed by atoms with van der Waals surface area (Å²) in [5, 5.41) is 9.62. The van der Waals surface area contributed by atoms with Gasteiger partial charge in [-0.3, -0.25) is 4.90 Å². The van der Waals surface area contributed by atoms with Crippen molar-refractivity contribution in [1.82, 2.24) is 4.90 Å². The first kappa shape index (κ1) is 17.5. The van der Waals surface area contributed by atoms with E-state index < -0.39 is 12.3 Å². The third-order valence-corrected chi connectivity index (χ3v) is 4.85. The summed E-state index contributed by atoms with van der Waals surface area (Å²) in [6.07, 6.45) is 1.01. The third-order valence-electron chi connectivity index (χ3n) is 3.86. The second-order valence-corrected chi connectivity index (χ2v) is 6.60. The van der Waals surface area contributed by atoms with Crippen LogP contribution >= 0.6 is 22.6 Å². The van der Waals surface area contributed by atoms with Crippen LogP contribution in [-0.4, -0.2) is 42.3 Å². The molecule has 3 atom stereocenters. The van der Waals surface area contributed by atoms with Gasteiger partial charge in [-0.1, -0.05) is 31.5 Å². The summed E-state index contributed by atoms with van der Waals surface area (Å²) in [6.45, 7) is 2.13. The molecule has 0 spiro atoms. The number of hydrogen-bond acceptors (Lipinski definition) is 3. The molecule has 0 aromatic heterocycles. The lowest BCUT2D eigenvalue weighted by Gasteiger charge is -2.29. The molecule has 5 nitrogen and oxygen atoms in total. The highest BCUT2D eigenvalue weighted by Gasteiger charge is 2.48. The van der Waals surface area contributed by atoms with E-state index in [4.69, 9.17) is 9.47 Å². The van der Waals surface area contributed by atoms with Crippen molar-refractivity contribution in [1.29, 1.82) is 0 Å². The molecular formula is C16H22INO4. The van der Waals surface area contributed by atoms with E-state index in [1.54, 1.807) is 7.11 Å². The van der Waals surface area contributed by atoms with Gasteiger partial charge in [-0.15, -0.1) is 0 Å². The van der Waals surface area contributed by atoms with Crippen LogP contribution in [0, 0.1) is 3.57 Å². The van der Waals surface area contributed by atoms with Crippen molar-refractivity contribution in [2.24, 2.45) is 0 Å². The van der Waals surface area contributed by atoms with Crippen LogP contribution in [0.5, 0.6) is 0 Å². The fraction of sp³-hybridized carbons (Fsp3) is 0.562. The number of ether oxygens (including phenoxy) is 2. The predicted octanol–water partition coefficient (Wildman–Crippen LogP) is 3.87. The minimum absolute atomic E-state index is 0.0122. The van der Waals surface area contributed by atoms with Gasteiger partial charge < -0.3 is 14.6 Å². The van der Waals surface area contributed by atoms with Crippen LogP contribution < -0.4 is 0 Å². The Morgan fingerprint density at radius 2 is 2.23 bits per heavy atom. The van der Waals surface area contributed by atoms with Gasteiger partial charge in [0, 0.05) is 22.6 Å². The molecule has 1 aliphatic carbocycles. The SMILES string of the molecule is CCCC(OCOC)N(C(=O)O)[C@H]1C[C@H]1c1ccccc1I. The van der Waals surface area contributed by atoms with Crippen LogP contribution in [0.2, 0.25) is 0 Å². The van der Waals surface area contributed by atoms with Gasteiger partial charge in [0.05, 0.1) is 0 Å². The van der Waals surface area contributed by atoms with Crippen molar-refractivity contribution >= 4 is 28.7 Å². The zero-order valence-electron chi connectivity index (χ0n) is 12.9. The second-order valence-electron chi connectivity index (χ2n) is 5.44. The molecule has 1 aromatic carbocycles. The van der Waals surface area contributed by atoms with Gasteiger partial charge in [0.25, 0.3) is 0 Å².